The van der Waals surface area contributed by atoms with Crippen LogP contribution in [0.15, 0.2) is 16.6 Å². The summed E-state index contributed by atoms with van der Waals surface area (Å²) in [6, 6.07) is 4.12. The molecule has 0 atom stereocenters. The third-order valence-electron chi connectivity index (χ3n) is 2.98. The summed E-state index contributed by atoms with van der Waals surface area (Å²) in [6.07, 6.45) is 2.12. The molecule has 1 heterocycles. The summed E-state index contributed by atoms with van der Waals surface area (Å²) in [5.41, 5.74) is 1.19. The fourth-order valence-electron chi connectivity index (χ4n) is 2.04. The lowest BCUT2D eigenvalue weighted by Crippen LogP contribution is -2.18. The van der Waals surface area contributed by atoms with Crippen LogP contribution in [0.5, 0.6) is 11.5 Å². The quantitative estimate of drug-likeness (QED) is 0.736. The van der Waals surface area contributed by atoms with Gasteiger partial charge < -0.3 is 19.5 Å². The topological polar surface area (TPSA) is 39.7 Å². The van der Waals surface area contributed by atoms with Gasteiger partial charge in [-0.1, -0.05) is 6.92 Å². The normalized spacial score (nSPS) is 13.5. The first-order chi connectivity index (χ1) is 9.81. The number of rotatable bonds is 8. The second kappa shape index (κ2) is 8.49. The van der Waals surface area contributed by atoms with Crippen LogP contribution in [0.2, 0.25) is 0 Å². The molecule has 5 heteroatoms. The van der Waals surface area contributed by atoms with Crippen LogP contribution in [-0.2, 0) is 11.3 Å². The summed E-state index contributed by atoms with van der Waals surface area (Å²) in [5.74, 6) is 1.64. The zero-order chi connectivity index (χ0) is 14.2. The first-order valence-electron chi connectivity index (χ1n) is 7.17. The van der Waals surface area contributed by atoms with Gasteiger partial charge in [-0.3, -0.25) is 0 Å². The summed E-state index contributed by atoms with van der Waals surface area (Å²) in [7, 11) is 0. The van der Waals surface area contributed by atoms with E-state index in [0.29, 0.717) is 13.2 Å². The van der Waals surface area contributed by atoms with E-state index in [9.17, 15) is 0 Å². The number of hydrogen-bond acceptors (Lipinski definition) is 4. The molecule has 0 aromatic heterocycles. The second-order valence-electron chi connectivity index (χ2n) is 4.74. The summed E-state index contributed by atoms with van der Waals surface area (Å²) >= 11 is 3.53. The van der Waals surface area contributed by atoms with Crippen molar-refractivity contribution in [3.8, 4) is 11.5 Å². The van der Waals surface area contributed by atoms with Gasteiger partial charge in [-0.05, 0) is 53.0 Å². The molecule has 0 aliphatic carbocycles. The average molecular weight is 344 g/mol. The standard InChI is InChI=1S/C15H22BrNO3/c1-2-5-18-6-3-4-17-11-12-9-13(16)15-14(10-12)19-7-8-20-15/h9-10,17H,2-8,11H2,1H3. The predicted octanol–water partition coefficient (Wildman–Crippen LogP) is 3.13. The smallest absolute Gasteiger partial charge is 0.175 e. The van der Waals surface area contributed by atoms with E-state index in [4.69, 9.17) is 14.2 Å². The molecule has 0 spiro atoms. The Bertz CT molecular complexity index is 426. The van der Waals surface area contributed by atoms with E-state index in [1.54, 1.807) is 0 Å². The van der Waals surface area contributed by atoms with Crippen LogP contribution in [0.1, 0.15) is 25.3 Å². The average Bonchev–Trinajstić information content (AvgIpc) is 2.46. The van der Waals surface area contributed by atoms with Gasteiger partial charge in [0.15, 0.2) is 11.5 Å². The van der Waals surface area contributed by atoms with Crippen LogP contribution >= 0.6 is 15.9 Å². The SMILES string of the molecule is CCCOCCCNCc1cc(Br)c2c(c1)OCCO2. The Labute approximate surface area is 128 Å². The molecule has 1 aromatic carbocycles. The molecule has 4 nitrogen and oxygen atoms in total. The van der Waals surface area contributed by atoms with Crippen molar-refractivity contribution in [1.29, 1.82) is 0 Å². The highest BCUT2D eigenvalue weighted by molar-refractivity contribution is 9.10. The molecule has 112 valence electrons. The van der Waals surface area contributed by atoms with Crippen molar-refractivity contribution in [2.75, 3.05) is 33.0 Å². The molecule has 2 rings (SSSR count). The summed E-state index contributed by atoms with van der Waals surface area (Å²) < 4.78 is 17.6. The number of ether oxygens (including phenoxy) is 3. The third-order valence-corrected chi connectivity index (χ3v) is 3.57. The Morgan fingerprint density at radius 3 is 2.95 bits per heavy atom. The maximum absolute atomic E-state index is 5.61. The lowest BCUT2D eigenvalue weighted by Gasteiger charge is -2.20. The summed E-state index contributed by atoms with van der Waals surface area (Å²) in [6.45, 7) is 6.81. The van der Waals surface area contributed by atoms with E-state index in [1.807, 2.05) is 6.07 Å². The molecular weight excluding hydrogens is 322 g/mol. The summed E-state index contributed by atoms with van der Waals surface area (Å²) in [4.78, 5) is 0. The van der Waals surface area contributed by atoms with Gasteiger partial charge in [0.05, 0.1) is 4.47 Å². The minimum atomic E-state index is 0.612. The largest absolute Gasteiger partial charge is 0.486 e. The molecule has 1 aliphatic heterocycles. The first kappa shape index (κ1) is 15.6. The van der Waals surface area contributed by atoms with Gasteiger partial charge in [-0.15, -0.1) is 0 Å². The summed E-state index contributed by atoms with van der Waals surface area (Å²) in [5, 5.41) is 3.42. The van der Waals surface area contributed by atoms with Gasteiger partial charge in [-0.2, -0.15) is 0 Å². The number of halogens is 1. The maximum atomic E-state index is 5.61. The highest BCUT2D eigenvalue weighted by Crippen LogP contribution is 2.38. The van der Waals surface area contributed by atoms with Gasteiger partial charge in [0.2, 0.25) is 0 Å². The molecule has 0 fully saturated rings. The molecule has 1 aliphatic rings. The van der Waals surface area contributed by atoms with Crippen molar-refractivity contribution in [2.24, 2.45) is 0 Å². The lowest BCUT2D eigenvalue weighted by atomic mass is 10.2. The molecule has 0 saturated heterocycles. The third kappa shape index (κ3) is 4.65. The highest BCUT2D eigenvalue weighted by Gasteiger charge is 2.15. The minimum absolute atomic E-state index is 0.612. The van der Waals surface area contributed by atoms with Crippen molar-refractivity contribution in [1.82, 2.24) is 5.32 Å². The Balaban J connectivity index is 1.74. The number of hydrogen-bond donors (Lipinski definition) is 1. The fraction of sp³-hybridized carbons (Fsp3) is 0.600. The number of nitrogens with one attached hydrogen (secondary N) is 1. The zero-order valence-corrected chi connectivity index (χ0v) is 13.5. The van der Waals surface area contributed by atoms with Gasteiger partial charge in [0, 0.05) is 19.8 Å². The predicted molar refractivity (Wildman–Crippen MR) is 82.6 cm³/mol. The van der Waals surface area contributed by atoms with Crippen LogP contribution in [0.25, 0.3) is 0 Å². The van der Waals surface area contributed by atoms with E-state index in [-0.39, 0.29) is 0 Å². The van der Waals surface area contributed by atoms with E-state index in [2.05, 4.69) is 34.2 Å². The molecule has 1 N–H and O–H groups in total. The minimum Gasteiger partial charge on any atom is -0.486 e. The maximum Gasteiger partial charge on any atom is 0.175 e. The molecule has 0 unspecified atom stereocenters. The molecule has 0 amide bonds. The van der Waals surface area contributed by atoms with Gasteiger partial charge >= 0.3 is 0 Å². The van der Waals surface area contributed by atoms with E-state index in [0.717, 1.165) is 55.1 Å². The van der Waals surface area contributed by atoms with E-state index in [1.165, 1.54) is 5.56 Å². The van der Waals surface area contributed by atoms with Crippen molar-refractivity contribution in [3.05, 3.63) is 22.2 Å². The van der Waals surface area contributed by atoms with Crippen molar-refractivity contribution >= 4 is 15.9 Å². The second-order valence-corrected chi connectivity index (χ2v) is 5.60. The van der Waals surface area contributed by atoms with E-state index < -0.39 is 0 Å². The lowest BCUT2D eigenvalue weighted by molar-refractivity contribution is 0.132. The molecule has 0 bridgehead atoms. The highest BCUT2D eigenvalue weighted by atomic mass is 79.9. The van der Waals surface area contributed by atoms with Gasteiger partial charge in [-0.25, -0.2) is 0 Å². The Hall–Kier alpha value is -0.780. The van der Waals surface area contributed by atoms with Crippen molar-refractivity contribution in [2.45, 2.75) is 26.3 Å². The van der Waals surface area contributed by atoms with Crippen LogP contribution in [0, 0.1) is 0 Å². The molecule has 0 saturated carbocycles. The zero-order valence-electron chi connectivity index (χ0n) is 11.9. The van der Waals surface area contributed by atoms with Crippen molar-refractivity contribution < 1.29 is 14.2 Å². The molecule has 1 aromatic rings. The van der Waals surface area contributed by atoms with Crippen LogP contribution in [-0.4, -0.2) is 33.0 Å². The monoisotopic (exact) mass is 343 g/mol. The molecule has 0 radical (unpaired) electrons. The Morgan fingerprint density at radius 2 is 2.10 bits per heavy atom. The Kier molecular flexibility index (Phi) is 6.63. The number of fused-ring (bicyclic) bond motifs is 1. The van der Waals surface area contributed by atoms with Crippen LogP contribution < -0.4 is 14.8 Å². The Morgan fingerprint density at radius 1 is 1.25 bits per heavy atom. The number of benzene rings is 1. The van der Waals surface area contributed by atoms with Crippen LogP contribution in [0.3, 0.4) is 0 Å². The molecular formula is C15H22BrNO3. The first-order valence-corrected chi connectivity index (χ1v) is 7.97. The molecule has 20 heavy (non-hydrogen) atoms. The van der Waals surface area contributed by atoms with Gasteiger partial charge in [0.1, 0.15) is 13.2 Å². The van der Waals surface area contributed by atoms with Crippen molar-refractivity contribution in [3.63, 3.8) is 0 Å². The van der Waals surface area contributed by atoms with Gasteiger partial charge in [0.25, 0.3) is 0 Å². The van der Waals surface area contributed by atoms with E-state index >= 15 is 0 Å². The fourth-order valence-corrected chi connectivity index (χ4v) is 2.65. The van der Waals surface area contributed by atoms with Crippen LogP contribution in [0.4, 0.5) is 0 Å².